The van der Waals surface area contributed by atoms with Gasteiger partial charge >= 0.3 is 0 Å². The van der Waals surface area contributed by atoms with E-state index in [1.54, 1.807) is 7.11 Å². The van der Waals surface area contributed by atoms with Crippen LogP contribution in [0.25, 0.3) is 0 Å². The Balaban J connectivity index is 2.78. The quantitative estimate of drug-likeness (QED) is 0.652. The maximum Gasteiger partial charge on any atom is 0.133 e. The second-order valence-corrected chi connectivity index (χ2v) is 4.25. The third-order valence-electron chi connectivity index (χ3n) is 2.14. The Kier molecular flexibility index (Phi) is 2.98. The van der Waals surface area contributed by atoms with Gasteiger partial charge in [-0.1, -0.05) is 0 Å². The van der Waals surface area contributed by atoms with Gasteiger partial charge in [0.2, 0.25) is 0 Å². The minimum atomic E-state index is -0.130. The summed E-state index contributed by atoms with van der Waals surface area (Å²) in [7, 11) is 5.70. The molecule has 0 fully saturated rings. The number of hydrogen-bond donors (Lipinski definition) is 0. The molecule has 0 amide bonds. The highest BCUT2D eigenvalue weighted by molar-refractivity contribution is 5.05. The van der Waals surface area contributed by atoms with E-state index in [0.717, 1.165) is 12.2 Å². The van der Waals surface area contributed by atoms with Gasteiger partial charge < -0.3 is 9.47 Å². The summed E-state index contributed by atoms with van der Waals surface area (Å²) in [5.74, 6) is 1.01. The van der Waals surface area contributed by atoms with Crippen molar-refractivity contribution in [1.82, 2.24) is 4.90 Å². The molecule has 76 valence electrons. The zero-order valence-corrected chi connectivity index (χ0v) is 9.13. The average Bonchev–Trinajstić information content (AvgIpc) is 2.01. The molecule has 3 heteroatoms. The lowest BCUT2D eigenvalue weighted by molar-refractivity contribution is -0.119. The third-order valence-corrected chi connectivity index (χ3v) is 2.14. The highest BCUT2D eigenvalue weighted by Gasteiger charge is 2.30. The maximum atomic E-state index is 5.84. The number of rotatable bonds is 2. The highest BCUT2D eigenvalue weighted by Crippen LogP contribution is 2.28. The first-order chi connectivity index (χ1) is 5.94. The lowest BCUT2D eigenvalue weighted by Crippen LogP contribution is -2.41. The molecule has 0 aromatic heterocycles. The van der Waals surface area contributed by atoms with E-state index in [-0.39, 0.29) is 11.8 Å². The van der Waals surface area contributed by atoms with Crippen molar-refractivity contribution in [2.24, 2.45) is 0 Å². The number of likely N-dealkylation sites (N-methyl/N-ethyl adjacent to an activating group) is 1. The van der Waals surface area contributed by atoms with Crippen LogP contribution in [0.15, 0.2) is 11.8 Å². The zero-order chi connectivity index (χ0) is 10.1. The molecule has 1 atom stereocenters. The Labute approximate surface area is 80.3 Å². The second-order valence-electron chi connectivity index (χ2n) is 4.25. The van der Waals surface area contributed by atoms with Crippen LogP contribution in [0.4, 0.5) is 0 Å². The summed E-state index contributed by atoms with van der Waals surface area (Å²) in [5, 5.41) is 0. The molecule has 1 rings (SSSR count). The molecule has 13 heavy (non-hydrogen) atoms. The summed E-state index contributed by atoms with van der Waals surface area (Å²) in [6.45, 7) is 4.16. The van der Waals surface area contributed by atoms with Crippen LogP contribution >= 0.6 is 0 Å². The van der Waals surface area contributed by atoms with E-state index in [0.29, 0.717) is 0 Å². The molecule has 0 spiro atoms. The number of hydrogen-bond acceptors (Lipinski definition) is 3. The van der Waals surface area contributed by atoms with E-state index >= 15 is 0 Å². The molecule has 1 aliphatic heterocycles. The van der Waals surface area contributed by atoms with Crippen LogP contribution in [0.1, 0.15) is 20.3 Å². The van der Waals surface area contributed by atoms with Gasteiger partial charge in [-0.3, -0.25) is 4.90 Å². The molecule has 1 heterocycles. The maximum absolute atomic E-state index is 5.84. The zero-order valence-electron chi connectivity index (χ0n) is 9.13. The van der Waals surface area contributed by atoms with E-state index in [1.807, 2.05) is 25.1 Å². The fourth-order valence-corrected chi connectivity index (χ4v) is 1.43. The van der Waals surface area contributed by atoms with Crippen LogP contribution in [0.2, 0.25) is 0 Å². The predicted molar refractivity (Wildman–Crippen MR) is 52.3 cm³/mol. The topological polar surface area (TPSA) is 21.7 Å². The molecule has 0 radical (unpaired) electrons. The van der Waals surface area contributed by atoms with Crippen LogP contribution in [0, 0.1) is 0 Å². The smallest absolute Gasteiger partial charge is 0.133 e. The lowest BCUT2D eigenvalue weighted by Gasteiger charge is -2.37. The van der Waals surface area contributed by atoms with Crippen molar-refractivity contribution in [1.29, 1.82) is 0 Å². The van der Waals surface area contributed by atoms with Crippen LogP contribution in [-0.2, 0) is 9.47 Å². The van der Waals surface area contributed by atoms with Crippen LogP contribution in [0.5, 0.6) is 0 Å². The molecule has 0 saturated heterocycles. The Morgan fingerprint density at radius 3 is 2.62 bits per heavy atom. The normalized spacial score (nSPS) is 27.2. The monoisotopic (exact) mass is 185 g/mol. The third kappa shape index (κ3) is 2.71. The van der Waals surface area contributed by atoms with Gasteiger partial charge in [-0.15, -0.1) is 0 Å². The molecular formula is C10H19NO2. The molecule has 0 aromatic carbocycles. The van der Waals surface area contributed by atoms with Gasteiger partial charge in [0.1, 0.15) is 6.23 Å². The van der Waals surface area contributed by atoms with E-state index in [4.69, 9.17) is 9.47 Å². The van der Waals surface area contributed by atoms with Gasteiger partial charge in [0.05, 0.1) is 18.5 Å². The molecule has 0 aromatic rings. The predicted octanol–water partition coefficient (Wildman–Crippen LogP) is 1.60. The van der Waals surface area contributed by atoms with E-state index in [9.17, 15) is 0 Å². The number of methoxy groups -OCH3 is 1. The van der Waals surface area contributed by atoms with Gasteiger partial charge in [-0.05, 0) is 34.0 Å². The molecule has 0 bridgehead atoms. The molecular weight excluding hydrogens is 166 g/mol. The number of nitrogens with zero attached hydrogens (tertiary/aromatic N) is 1. The SMILES string of the molecule is COC1=CC(N(C)C)OC(C)(C)C1. The lowest BCUT2D eigenvalue weighted by atomic mass is 10.0. The second kappa shape index (κ2) is 3.68. The van der Waals surface area contributed by atoms with Crippen molar-refractivity contribution in [2.75, 3.05) is 21.2 Å². The number of ether oxygens (including phenoxy) is 2. The van der Waals surface area contributed by atoms with Crippen LogP contribution in [-0.4, -0.2) is 37.9 Å². The van der Waals surface area contributed by atoms with E-state index < -0.39 is 0 Å². The van der Waals surface area contributed by atoms with Gasteiger partial charge in [-0.25, -0.2) is 0 Å². The van der Waals surface area contributed by atoms with Crippen molar-refractivity contribution in [3.8, 4) is 0 Å². The van der Waals surface area contributed by atoms with E-state index in [1.165, 1.54) is 0 Å². The Morgan fingerprint density at radius 2 is 2.15 bits per heavy atom. The van der Waals surface area contributed by atoms with E-state index in [2.05, 4.69) is 13.8 Å². The van der Waals surface area contributed by atoms with Gasteiger partial charge in [0.15, 0.2) is 0 Å². The van der Waals surface area contributed by atoms with Crippen LogP contribution in [0.3, 0.4) is 0 Å². The molecule has 0 aliphatic carbocycles. The first kappa shape index (κ1) is 10.5. The summed E-state index contributed by atoms with van der Waals surface area (Å²) in [4.78, 5) is 2.03. The summed E-state index contributed by atoms with van der Waals surface area (Å²) >= 11 is 0. The van der Waals surface area contributed by atoms with Crippen molar-refractivity contribution >= 4 is 0 Å². The van der Waals surface area contributed by atoms with Crippen molar-refractivity contribution in [3.63, 3.8) is 0 Å². The Hall–Kier alpha value is -0.540. The van der Waals surface area contributed by atoms with Crippen LogP contribution < -0.4 is 0 Å². The average molecular weight is 185 g/mol. The summed E-state index contributed by atoms with van der Waals surface area (Å²) in [6.07, 6.45) is 2.89. The highest BCUT2D eigenvalue weighted by atomic mass is 16.5. The summed E-state index contributed by atoms with van der Waals surface area (Å²) in [6, 6.07) is 0. The summed E-state index contributed by atoms with van der Waals surface area (Å²) < 4.78 is 11.1. The van der Waals surface area contributed by atoms with Gasteiger partial charge in [-0.2, -0.15) is 0 Å². The van der Waals surface area contributed by atoms with Crippen molar-refractivity contribution in [2.45, 2.75) is 32.1 Å². The van der Waals surface area contributed by atoms with Crippen molar-refractivity contribution < 1.29 is 9.47 Å². The first-order valence-electron chi connectivity index (χ1n) is 4.53. The first-order valence-corrected chi connectivity index (χ1v) is 4.53. The Morgan fingerprint density at radius 1 is 1.54 bits per heavy atom. The van der Waals surface area contributed by atoms with Gasteiger partial charge in [0.25, 0.3) is 0 Å². The van der Waals surface area contributed by atoms with Crippen molar-refractivity contribution in [3.05, 3.63) is 11.8 Å². The molecule has 0 N–H and O–H groups in total. The largest absolute Gasteiger partial charge is 0.501 e. The molecule has 0 saturated carbocycles. The fourth-order valence-electron chi connectivity index (χ4n) is 1.43. The Bertz CT molecular complexity index is 209. The molecule has 3 nitrogen and oxygen atoms in total. The molecule has 1 unspecified atom stereocenters. The minimum absolute atomic E-state index is 0.0266. The standard InChI is InChI=1S/C10H19NO2/c1-10(2)7-8(12-5)6-9(13-10)11(3)4/h6,9H,7H2,1-5H3. The van der Waals surface area contributed by atoms with Gasteiger partial charge in [0, 0.05) is 6.42 Å². The molecule has 1 aliphatic rings. The fraction of sp³-hybridized carbons (Fsp3) is 0.800. The summed E-state index contributed by atoms with van der Waals surface area (Å²) in [5.41, 5.74) is -0.130. The minimum Gasteiger partial charge on any atom is -0.501 e.